The summed E-state index contributed by atoms with van der Waals surface area (Å²) in [6.45, 7) is 0. The van der Waals surface area contributed by atoms with E-state index in [-0.39, 0.29) is 0 Å². The Labute approximate surface area is 161 Å². The Bertz CT molecular complexity index is 629. The minimum Gasteiger partial charge on any atom is -0.311 e. The molecule has 7 heteroatoms. The zero-order valence-electron chi connectivity index (χ0n) is 13.2. The van der Waals surface area contributed by atoms with Gasteiger partial charge < -0.3 is 12.3 Å². The van der Waals surface area contributed by atoms with Crippen LogP contribution < -0.4 is 0 Å². The summed E-state index contributed by atoms with van der Waals surface area (Å²) >= 11 is 3.67. The molecular formula is C18H15BO3S3. The molecule has 0 unspecified atom stereocenters. The molecule has 0 atom stereocenters. The first-order chi connectivity index (χ1) is 12.4. The Balaban J connectivity index is 1.56. The van der Waals surface area contributed by atoms with Gasteiger partial charge in [0.25, 0.3) is 0 Å². The molecule has 25 heavy (non-hydrogen) atoms. The molecule has 0 saturated carbocycles. The van der Waals surface area contributed by atoms with Gasteiger partial charge in [0.15, 0.2) is 0 Å². The van der Waals surface area contributed by atoms with Crippen molar-refractivity contribution in [3.63, 3.8) is 0 Å². The van der Waals surface area contributed by atoms with Crippen LogP contribution in [0.25, 0.3) is 0 Å². The highest BCUT2D eigenvalue weighted by Gasteiger charge is 2.25. The molecule has 126 valence electrons. The first-order valence-electron chi connectivity index (χ1n) is 7.55. The number of hydrogen-bond acceptors (Lipinski definition) is 6. The molecule has 0 bridgehead atoms. The third-order valence-corrected chi connectivity index (χ3v) is 5.05. The summed E-state index contributed by atoms with van der Waals surface area (Å²) in [6, 6.07) is 29.5. The van der Waals surface area contributed by atoms with Crippen LogP contribution in [0.2, 0.25) is 0 Å². The topological polar surface area (TPSA) is 27.7 Å². The van der Waals surface area contributed by atoms with Crippen LogP contribution in [0.4, 0.5) is 0 Å². The molecule has 0 heterocycles. The van der Waals surface area contributed by atoms with Crippen LogP contribution in [-0.4, -0.2) is 7.32 Å². The highest BCUT2D eigenvalue weighted by molar-refractivity contribution is 7.98. The van der Waals surface area contributed by atoms with Crippen molar-refractivity contribution >= 4 is 43.4 Å². The van der Waals surface area contributed by atoms with Crippen molar-refractivity contribution in [1.29, 1.82) is 0 Å². The molecule has 0 aromatic heterocycles. The van der Waals surface area contributed by atoms with Crippen molar-refractivity contribution in [3.8, 4) is 0 Å². The van der Waals surface area contributed by atoms with Crippen LogP contribution in [0.15, 0.2) is 106 Å². The average Bonchev–Trinajstić information content (AvgIpc) is 2.70. The monoisotopic (exact) mass is 386 g/mol. The molecule has 0 aliphatic heterocycles. The molecule has 3 aromatic carbocycles. The minimum absolute atomic E-state index is 0.833. The highest BCUT2D eigenvalue weighted by atomic mass is 32.2. The zero-order valence-corrected chi connectivity index (χ0v) is 15.6. The molecule has 0 amide bonds. The van der Waals surface area contributed by atoms with Crippen LogP contribution in [0.5, 0.6) is 0 Å². The molecule has 0 N–H and O–H groups in total. The van der Waals surface area contributed by atoms with Crippen molar-refractivity contribution in [2.75, 3.05) is 0 Å². The Morgan fingerprint density at radius 1 is 0.440 bits per heavy atom. The summed E-state index contributed by atoms with van der Waals surface area (Å²) in [7, 11) is -0.833. The maximum absolute atomic E-state index is 5.70. The van der Waals surface area contributed by atoms with E-state index in [4.69, 9.17) is 12.3 Å². The summed E-state index contributed by atoms with van der Waals surface area (Å²) in [5.74, 6) is 0. The van der Waals surface area contributed by atoms with Crippen molar-refractivity contribution in [1.82, 2.24) is 0 Å². The molecule has 0 spiro atoms. The van der Waals surface area contributed by atoms with Gasteiger partial charge in [-0.3, -0.25) is 0 Å². The molecule has 3 nitrogen and oxygen atoms in total. The van der Waals surface area contributed by atoms with E-state index in [2.05, 4.69) is 0 Å². The zero-order chi connectivity index (χ0) is 17.2. The fourth-order valence-corrected chi connectivity index (χ4v) is 3.52. The Morgan fingerprint density at radius 3 is 1.00 bits per heavy atom. The van der Waals surface area contributed by atoms with Gasteiger partial charge in [0, 0.05) is 50.8 Å². The second kappa shape index (κ2) is 10.6. The van der Waals surface area contributed by atoms with Crippen molar-refractivity contribution in [3.05, 3.63) is 91.0 Å². The average molecular weight is 386 g/mol. The third kappa shape index (κ3) is 6.82. The van der Waals surface area contributed by atoms with Crippen LogP contribution in [-0.2, 0) is 12.3 Å². The van der Waals surface area contributed by atoms with Gasteiger partial charge in [0.2, 0.25) is 0 Å². The predicted octanol–water partition coefficient (Wildman–Crippen LogP) is 6.14. The summed E-state index contributed by atoms with van der Waals surface area (Å²) in [6.07, 6.45) is 0. The number of benzene rings is 3. The molecule has 0 fully saturated rings. The lowest BCUT2D eigenvalue weighted by atomic mass is 10.3. The van der Waals surface area contributed by atoms with Crippen LogP contribution >= 0.6 is 36.1 Å². The van der Waals surface area contributed by atoms with E-state index in [0.29, 0.717) is 0 Å². The minimum atomic E-state index is -0.833. The third-order valence-electron chi connectivity index (χ3n) is 2.90. The Morgan fingerprint density at radius 2 is 0.720 bits per heavy atom. The maximum atomic E-state index is 5.70. The van der Waals surface area contributed by atoms with E-state index in [9.17, 15) is 0 Å². The van der Waals surface area contributed by atoms with E-state index < -0.39 is 7.32 Å². The van der Waals surface area contributed by atoms with Gasteiger partial charge in [-0.1, -0.05) is 54.6 Å². The van der Waals surface area contributed by atoms with E-state index in [0.717, 1.165) is 14.7 Å². The summed E-state index contributed by atoms with van der Waals surface area (Å²) in [5, 5.41) is 0. The molecule has 0 saturated heterocycles. The molecule has 0 aliphatic carbocycles. The van der Waals surface area contributed by atoms with Gasteiger partial charge in [0.05, 0.1) is 0 Å². The Hall–Kier alpha value is -1.35. The van der Waals surface area contributed by atoms with Gasteiger partial charge in [-0.25, -0.2) is 0 Å². The van der Waals surface area contributed by atoms with Crippen molar-refractivity contribution < 1.29 is 12.3 Å². The number of hydrogen-bond donors (Lipinski definition) is 0. The maximum Gasteiger partial charge on any atom is 0.675 e. The van der Waals surface area contributed by atoms with Crippen LogP contribution in [0.1, 0.15) is 0 Å². The van der Waals surface area contributed by atoms with Gasteiger partial charge in [-0.2, -0.15) is 0 Å². The highest BCUT2D eigenvalue weighted by Crippen LogP contribution is 2.28. The number of rotatable bonds is 9. The lowest BCUT2D eigenvalue weighted by molar-refractivity contribution is 0.379. The SMILES string of the molecule is c1ccc(SOB(OSc2ccccc2)OSc2ccccc2)cc1. The quantitative estimate of drug-likeness (QED) is 0.324. The summed E-state index contributed by atoms with van der Waals surface area (Å²) < 4.78 is 17.1. The van der Waals surface area contributed by atoms with Crippen LogP contribution in [0.3, 0.4) is 0 Å². The largest absolute Gasteiger partial charge is 0.675 e. The van der Waals surface area contributed by atoms with E-state index in [1.54, 1.807) is 0 Å². The standard InChI is InChI=1S/C18H15BO3S3/c1-4-10-16(11-5-1)23-20-19(21-24-17-12-6-2-7-13-17)22-25-18-14-8-3-9-15-18/h1-15H. The van der Waals surface area contributed by atoms with E-state index >= 15 is 0 Å². The Kier molecular flexibility index (Phi) is 7.82. The molecule has 3 aromatic rings. The fraction of sp³-hybridized carbons (Fsp3) is 0. The van der Waals surface area contributed by atoms with Crippen LogP contribution in [0, 0.1) is 0 Å². The molecule has 3 rings (SSSR count). The second-order valence-corrected chi connectivity index (χ2v) is 7.26. The summed E-state index contributed by atoms with van der Waals surface area (Å²) in [5.41, 5.74) is 0. The fourth-order valence-electron chi connectivity index (χ4n) is 1.76. The normalized spacial score (nSPS) is 10.6. The lowest BCUT2D eigenvalue weighted by Gasteiger charge is -2.11. The lowest BCUT2D eigenvalue weighted by Crippen LogP contribution is -2.18. The first kappa shape index (κ1) is 18.4. The van der Waals surface area contributed by atoms with Crippen molar-refractivity contribution in [2.24, 2.45) is 0 Å². The van der Waals surface area contributed by atoms with Gasteiger partial charge in [-0.15, -0.1) is 0 Å². The summed E-state index contributed by atoms with van der Waals surface area (Å²) in [4.78, 5) is 2.94. The molecule has 0 radical (unpaired) electrons. The molecular weight excluding hydrogens is 371 g/mol. The van der Waals surface area contributed by atoms with E-state index in [1.807, 2.05) is 91.0 Å². The van der Waals surface area contributed by atoms with Gasteiger partial charge in [-0.05, 0) is 36.4 Å². The van der Waals surface area contributed by atoms with Crippen molar-refractivity contribution in [2.45, 2.75) is 14.7 Å². The van der Waals surface area contributed by atoms with Gasteiger partial charge in [0.1, 0.15) is 0 Å². The second-order valence-electron chi connectivity index (χ2n) is 4.77. The smallest absolute Gasteiger partial charge is 0.311 e. The first-order valence-corrected chi connectivity index (χ1v) is 9.78. The van der Waals surface area contributed by atoms with Gasteiger partial charge >= 0.3 is 7.32 Å². The van der Waals surface area contributed by atoms with E-state index in [1.165, 1.54) is 36.1 Å². The predicted molar refractivity (Wildman–Crippen MR) is 106 cm³/mol. The molecule has 0 aliphatic rings.